The molecule has 2 aromatic rings. The lowest BCUT2D eigenvalue weighted by molar-refractivity contribution is 0.249. The lowest BCUT2D eigenvalue weighted by atomic mass is 10.2. The first-order valence-corrected chi connectivity index (χ1v) is 7.54. The van der Waals surface area contributed by atoms with Crippen molar-refractivity contribution in [1.82, 2.24) is 15.3 Å². The Labute approximate surface area is 133 Å². The molecule has 0 aliphatic carbocycles. The Kier molecular flexibility index (Phi) is 4.27. The van der Waals surface area contributed by atoms with Gasteiger partial charge in [0.2, 0.25) is 0 Å². The number of aromatic amines is 1. The molecule has 1 aliphatic rings. The van der Waals surface area contributed by atoms with E-state index in [1.54, 1.807) is 19.2 Å². The Morgan fingerprint density at radius 2 is 2.30 bits per heavy atom. The molecule has 7 heteroatoms. The number of aromatic nitrogens is 2. The third-order valence-electron chi connectivity index (χ3n) is 3.84. The number of amides is 2. The van der Waals surface area contributed by atoms with Crippen molar-refractivity contribution in [2.75, 3.05) is 23.3 Å². The molecule has 3 N–H and O–H groups in total. The minimum Gasteiger partial charge on any atom is -0.354 e. The molecule has 2 amide bonds. The molecule has 0 bridgehead atoms. The van der Waals surface area contributed by atoms with Gasteiger partial charge in [0.1, 0.15) is 5.82 Å². The molecule has 120 valence electrons. The van der Waals surface area contributed by atoms with Crippen molar-refractivity contribution < 1.29 is 4.79 Å². The van der Waals surface area contributed by atoms with Gasteiger partial charge in [0.25, 0.3) is 5.56 Å². The fourth-order valence-corrected chi connectivity index (χ4v) is 2.65. The van der Waals surface area contributed by atoms with Crippen molar-refractivity contribution in [3.05, 3.63) is 52.6 Å². The van der Waals surface area contributed by atoms with E-state index in [9.17, 15) is 9.59 Å². The summed E-state index contributed by atoms with van der Waals surface area (Å²) in [5.74, 6) is 0.925. The number of nitrogens with one attached hydrogen (secondary N) is 3. The molecule has 0 aromatic carbocycles. The van der Waals surface area contributed by atoms with Gasteiger partial charge >= 0.3 is 6.03 Å². The molecule has 3 heterocycles. The van der Waals surface area contributed by atoms with E-state index in [1.807, 2.05) is 18.2 Å². The molecule has 1 aliphatic heterocycles. The van der Waals surface area contributed by atoms with Crippen LogP contribution in [-0.4, -0.2) is 35.1 Å². The highest BCUT2D eigenvalue weighted by Gasteiger charge is 2.24. The lowest BCUT2D eigenvalue weighted by Gasteiger charge is -2.18. The number of carbonyl (C=O) groups is 1. The van der Waals surface area contributed by atoms with Crippen LogP contribution in [0.1, 0.15) is 12.0 Å². The molecule has 7 nitrogen and oxygen atoms in total. The summed E-state index contributed by atoms with van der Waals surface area (Å²) >= 11 is 0. The van der Waals surface area contributed by atoms with E-state index in [4.69, 9.17) is 0 Å². The number of rotatable bonds is 3. The van der Waals surface area contributed by atoms with E-state index in [0.717, 1.165) is 25.3 Å². The molecule has 0 radical (unpaired) electrons. The summed E-state index contributed by atoms with van der Waals surface area (Å²) in [6.07, 6.45) is 4.12. The number of urea groups is 1. The minimum absolute atomic E-state index is 0.0702. The van der Waals surface area contributed by atoms with Gasteiger partial charge in [-0.3, -0.25) is 4.79 Å². The minimum atomic E-state index is -0.274. The predicted molar refractivity (Wildman–Crippen MR) is 88.8 cm³/mol. The van der Waals surface area contributed by atoms with Crippen molar-refractivity contribution in [3.8, 4) is 0 Å². The number of aryl methyl sites for hydroxylation is 1. The fraction of sp³-hybridized carbons (Fsp3) is 0.312. The van der Waals surface area contributed by atoms with E-state index in [-0.39, 0.29) is 17.6 Å². The topological polar surface area (TPSA) is 90.1 Å². The number of H-pyrrole nitrogens is 1. The SMILES string of the molecule is Cc1cc(NC(=O)N[C@H]2CCN(c3ccccn3)C2)c[nH]c1=O. The van der Waals surface area contributed by atoms with Crippen molar-refractivity contribution >= 4 is 17.5 Å². The highest BCUT2D eigenvalue weighted by atomic mass is 16.2. The Morgan fingerprint density at radius 1 is 1.43 bits per heavy atom. The van der Waals surface area contributed by atoms with Crippen LogP contribution in [-0.2, 0) is 0 Å². The fourth-order valence-electron chi connectivity index (χ4n) is 2.65. The van der Waals surface area contributed by atoms with Crippen molar-refractivity contribution in [3.63, 3.8) is 0 Å². The number of pyridine rings is 2. The highest BCUT2D eigenvalue weighted by Crippen LogP contribution is 2.17. The van der Waals surface area contributed by atoms with E-state index in [2.05, 4.69) is 25.5 Å². The number of nitrogens with zero attached hydrogens (tertiary/aromatic N) is 2. The number of hydrogen-bond donors (Lipinski definition) is 3. The standard InChI is InChI=1S/C16H19N5O2/c1-11-8-13(9-18-15(11)22)20-16(23)19-12-5-7-21(10-12)14-4-2-3-6-17-14/h2-4,6,8-9,12H,5,7,10H2,1H3,(H,18,22)(H2,19,20,23)/t12-/m0/s1. The van der Waals surface area contributed by atoms with Crippen LogP contribution in [0.3, 0.4) is 0 Å². The van der Waals surface area contributed by atoms with Gasteiger partial charge in [0.05, 0.1) is 5.69 Å². The maximum atomic E-state index is 12.1. The van der Waals surface area contributed by atoms with Crippen LogP contribution in [0, 0.1) is 6.92 Å². The number of hydrogen-bond acceptors (Lipinski definition) is 4. The zero-order valence-electron chi connectivity index (χ0n) is 12.9. The first-order chi connectivity index (χ1) is 11.1. The van der Waals surface area contributed by atoms with Gasteiger partial charge < -0.3 is 20.5 Å². The van der Waals surface area contributed by atoms with Crippen molar-refractivity contribution in [2.45, 2.75) is 19.4 Å². The second kappa shape index (κ2) is 6.51. The second-order valence-corrected chi connectivity index (χ2v) is 5.62. The van der Waals surface area contributed by atoms with Crippen LogP contribution < -0.4 is 21.1 Å². The summed E-state index contributed by atoms with van der Waals surface area (Å²) in [6, 6.07) is 7.24. The maximum absolute atomic E-state index is 12.1. The van der Waals surface area contributed by atoms with E-state index in [0.29, 0.717) is 11.3 Å². The van der Waals surface area contributed by atoms with Crippen LogP contribution in [0.4, 0.5) is 16.3 Å². The maximum Gasteiger partial charge on any atom is 0.319 e. The Bertz CT molecular complexity index is 744. The van der Waals surface area contributed by atoms with Gasteiger partial charge in [-0.2, -0.15) is 0 Å². The van der Waals surface area contributed by atoms with Crippen LogP contribution in [0.15, 0.2) is 41.5 Å². The van der Waals surface area contributed by atoms with Gasteiger partial charge in [0.15, 0.2) is 0 Å². The highest BCUT2D eigenvalue weighted by molar-refractivity contribution is 5.89. The van der Waals surface area contributed by atoms with E-state index < -0.39 is 0 Å². The Hall–Kier alpha value is -2.83. The molecule has 1 saturated heterocycles. The van der Waals surface area contributed by atoms with Gasteiger partial charge in [0, 0.05) is 37.1 Å². The molecule has 2 aromatic heterocycles. The van der Waals surface area contributed by atoms with Crippen LogP contribution >= 0.6 is 0 Å². The van der Waals surface area contributed by atoms with Gasteiger partial charge in [-0.25, -0.2) is 9.78 Å². The third-order valence-corrected chi connectivity index (χ3v) is 3.84. The molecule has 1 atom stereocenters. The van der Waals surface area contributed by atoms with Crippen LogP contribution in [0.25, 0.3) is 0 Å². The second-order valence-electron chi connectivity index (χ2n) is 5.62. The van der Waals surface area contributed by atoms with Crippen LogP contribution in [0.2, 0.25) is 0 Å². The Morgan fingerprint density at radius 3 is 3.04 bits per heavy atom. The summed E-state index contributed by atoms with van der Waals surface area (Å²) in [7, 11) is 0. The van der Waals surface area contributed by atoms with Crippen LogP contribution in [0.5, 0.6) is 0 Å². The zero-order valence-corrected chi connectivity index (χ0v) is 12.9. The number of anilines is 2. The van der Waals surface area contributed by atoms with E-state index in [1.165, 1.54) is 6.20 Å². The average molecular weight is 313 g/mol. The molecular weight excluding hydrogens is 294 g/mol. The number of carbonyl (C=O) groups excluding carboxylic acids is 1. The van der Waals surface area contributed by atoms with Gasteiger partial charge in [-0.15, -0.1) is 0 Å². The zero-order chi connectivity index (χ0) is 16.2. The first-order valence-electron chi connectivity index (χ1n) is 7.54. The molecule has 0 unspecified atom stereocenters. The van der Waals surface area contributed by atoms with Crippen molar-refractivity contribution in [2.24, 2.45) is 0 Å². The summed E-state index contributed by atoms with van der Waals surface area (Å²) < 4.78 is 0. The summed E-state index contributed by atoms with van der Waals surface area (Å²) in [6.45, 7) is 3.29. The third kappa shape index (κ3) is 3.68. The average Bonchev–Trinajstić information content (AvgIpc) is 3.00. The predicted octanol–water partition coefficient (Wildman–Crippen LogP) is 1.48. The van der Waals surface area contributed by atoms with Gasteiger partial charge in [-0.05, 0) is 31.5 Å². The molecule has 1 fully saturated rings. The van der Waals surface area contributed by atoms with Gasteiger partial charge in [-0.1, -0.05) is 6.07 Å². The summed E-state index contributed by atoms with van der Waals surface area (Å²) in [4.78, 5) is 32.4. The molecule has 3 rings (SSSR count). The molecular formula is C16H19N5O2. The largest absolute Gasteiger partial charge is 0.354 e. The molecule has 0 spiro atoms. The summed E-state index contributed by atoms with van der Waals surface area (Å²) in [5.41, 5.74) is 0.974. The smallest absolute Gasteiger partial charge is 0.319 e. The monoisotopic (exact) mass is 313 g/mol. The normalized spacial score (nSPS) is 17.1. The molecule has 23 heavy (non-hydrogen) atoms. The molecule has 0 saturated carbocycles. The Balaban J connectivity index is 1.54. The summed E-state index contributed by atoms with van der Waals surface area (Å²) in [5, 5.41) is 5.69. The van der Waals surface area contributed by atoms with Crippen molar-refractivity contribution in [1.29, 1.82) is 0 Å². The first kappa shape index (κ1) is 15.1. The van der Waals surface area contributed by atoms with E-state index >= 15 is 0 Å². The lowest BCUT2D eigenvalue weighted by Crippen LogP contribution is -2.39. The quantitative estimate of drug-likeness (QED) is 0.800.